The fourth-order valence-electron chi connectivity index (χ4n) is 2.39. The molecular formula is C19H21NO4S2. The maximum atomic E-state index is 13.2. The van der Waals surface area contributed by atoms with Crippen LogP contribution in [0.4, 0.5) is 5.69 Å². The quantitative estimate of drug-likeness (QED) is 0.387. The summed E-state index contributed by atoms with van der Waals surface area (Å²) in [5, 5.41) is 0. The predicted molar refractivity (Wildman–Crippen MR) is 105 cm³/mol. The highest BCUT2D eigenvalue weighted by Gasteiger charge is 2.27. The number of nitrogens with zero attached hydrogens (tertiary/aromatic N) is 1. The van der Waals surface area contributed by atoms with Crippen LogP contribution in [0.5, 0.6) is 0 Å². The molecule has 138 valence electrons. The molecule has 0 radical (unpaired) electrons. The second-order valence-electron chi connectivity index (χ2n) is 5.24. The fraction of sp³-hybridized carbons (Fsp3) is 0.211. The van der Waals surface area contributed by atoms with Gasteiger partial charge in [0.05, 0.1) is 29.3 Å². The summed E-state index contributed by atoms with van der Waals surface area (Å²) in [7, 11) is -3.87. The van der Waals surface area contributed by atoms with Gasteiger partial charge in [-0.1, -0.05) is 18.2 Å². The van der Waals surface area contributed by atoms with Gasteiger partial charge in [-0.25, -0.2) is 13.2 Å². The molecule has 0 saturated heterocycles. The first-order valence-corrected chi connectivity index (χ1v) is 10.7. The van der Waals surface area contributed by atoms with Crippen LogP contribution in [0.2, 0.25) is 0 Å². The number of esters is 1. The van der Waals surface area contributed by atoms with Crippen molar-refractivity contribution < 1.29 is 17.9 Å². The summed E-state index contributed by atoms with van der Waals surface area (Å²) < 4.78 is 32.6. The summed E-state index contributed by atoms with van der Waals surface area (Å²) in [5.74, 6) is -0.565. The molecule has 5 nitrogen and oxygen atoms in total. The molecule has 7 heteroatoms. The van der Waals surface area contributed by atoms with E-state index in [1.807, 2.05) is 6.26 Å². The molecule has 0 bridgehead atoms. The highest BCUT2D eigenvalue weighted by Crippen LogP contribution is 2.28. The van der Waals surface area contributed by atoms with Crippen LogP contribution in [0, 0.1) is 0 Å². The normalized spacial score (nSPS) is 11.0. The first kappa shape index (κ1) is 20.1. The molecule has 0 N–H and O–H groups in total. The number of carbonyl (C=O) groups excluding carboxylic acids is 1. The third kappa shape index (κ3) is 4.28. The molecule has 2 aromatic rings. The number of benzene rings is 2. The van der Waals surface area contributed by atoms with Gasteiger partial charge in [0.1, 0.15) is 0 Å². The van der Waals surface area contributed by atoms with E-state index in [-0.39, 0.29) is 29.3 Å². The van der Waals surface area contributed by atoms with Crippen molar-refractivity contribution in [2.24, 2.45) is 0 Å². The first-order chi connectivity index (χ1) is 12.5. The first-order valence-electron chi connectivity index (χ1n) is 7.99. The Morgan fingerprint density at radius 2 is 1.85 bits per heavy atom. The summed E-state index contributed by atoms with van der Waals surface area (Å²) in [4.78, 5) is 13.4. The summed E-state index contributed by atoms with van der Waals surface area (Å²) in [6.45, 7) is 5.58. The Kier molecular flexibility index (Phi) is 6.88. The predicted octanol–water partition coefficient (Wildman–Crippen LogP) is 3.97. The Morgan fingerprint density at radius 3 is 2.42 bits per heavy atom. The van der Waals surface area contributed by atoms with Crippen LogP contribution in [-0.2, 0) is 14.8 Å². The molecule has 0 heterocycles. The van der Waals surface area contributed by atoms with Crippen molar-refractivity contribution in [3.05, 3.63) is 66.7 Å². The molecular weight excluding hydrogens is 370 g/mol. The standard InChI is InChI=1S/C19H21NO4S2/c1-4-14-20(18-9-7-6-8-17(18)19(21)24-5-2)26(22,23)16-12-10-15(25-3)11-13-16/h4,6-13H,1,5,14H2,2-3H3. The molecule has 0 aliphatic rings. The number of sulfonamides is 1. The number of rotatable bonds is 8. The maximum Gasteiger partial charge on any atom is 0.340 e. The van der Waals surface area contributed by atoms with E-state index in [2.05, 4.69) is 6.58 Å². The zero-order chi connectivity index (χ0) is 19.2. The van der Waals surface area contributed by atoms with Crippen molar-refractivity contribution in [2.45, 2.75) is 16.7 Å². The molecule has 0 aliphatic heterocycles. The van der Waals surface area contributed by atoms with Crippen molar-refractivity contribution in [3.63, 3.8) is 0 Å². The van der Waals surface area contributed by atoms with Crippen molar-refractivity contribution in [2.75, 3.05) is 23.7 Å². The summed E-state index contributed by atoms with van der Waals surface area (Å²) >= 11 is 1.53. The lowest BCUT2D eigenvalue weighted by molar-refractivity contribution is 0.0527. The smallest absolute Gasteiger partial charge is 0.340 e. The second kappa shape index (κ2) is 8.91. The largest absolute Gasteiger partial charge is 0.462 e. The van der Waals surface area contributed by atoms with E-state index in [0.29, 0.717) is 0 Å². The Morgan fingerprint density at radius 1 is 1.19 bits per heavy atom. The van der Waals surface area contributed by atoms with Crippen LogP contribution in [-0.4, -0.2) is 33.8 Å². The van der Waals surface area contributed by atoms with Gasteiger partial charge in [-0.3, -0.25) is 4.31 Å². The Balaban J connectivity index is 2.55. The lowest BCUT2D eigenvalue weighted by Crippen LogP contribution is -2.32. The number of para-hydroxylation sites is 1. The number of carbonyl (C=O) groups is 1. The Labute approximate surface area is 158 Å². The van der Waals surface area contributed by atoms with E-state index >= 15 is 0 Å². The van der Waals surface area contributed by atoms with Crippen molar-refractivity contribution in [1.29, 1.82) is 0 Å². The van der Waals surface area contributed by atoms with Gasteiger partial charge in [-0.2, -0.15) is 0 Å². The maximum absolute atomic E-state index is 13.2. The molecule has 26 heavy (non-hydrogen) atoms. The van der Waals surface area contributed by atoms with Gasteiger partial charge in [0.25, 0.3) is 10.0 Å². The Hall–Kier alpha value is -2.25. The zero-order valence-electron chi connectivity index (χ0n) is 14.7. The van der Waals surface area contributed by atoms with Gasteiger partial charge >= 0.3 is 5.97 Å². The number of ether oxygens (including phenoxy) is 1. The monoisotopic (exact) mass is 391 g/mol. The van der Waals surface area contributed by atoms with Gasteiger partial charge in [0, 0.05) is 4.90 Å². The van der Waals surface area contributed by atoms with Gasteiger partial charge in [0.15, 0.2) is 0 Å². The minimum atomic E-state index is -3.87. The lowest BCUT2D eigenvalue weighted by Gasteiger charge is -2.25. The molecule has 0 saturated carbocycles. The molecule has 0 spiro atoms. The molecule has 0 aliphatic carbocycles. The van der Waals surface area contributed by atoms with Crippen LogP contribution < -0.4 is 4.31 Å². The highest BCUT2D eigenvalue weighted by atomic mass is 32.2. The van der Waals surface area contributed by atoms with Crippen LogP contribution >= 0.6 is 11.8 Å². The van der Waals surface area contributed by atoms with Crippen LogP contribution in [0.3, 0.4) is 0 Å². The van der Waals surface area contributed by atoms with E-state index in [4.69, 9.17) is 4.74 Å². The van der Waals surface area contributed by atoms with Gasteiger partial charge in [0.2, 0.25) is 0 Å². The molecule has 2 aromatic carbocycles. The van der Waals surface area contributed by atoms with Crippen molar-refractivity contribution in [1.82, 2.24) is 0 Å². The molecule has 0 fully saturated rings. The van der Waals surface area contributed by atoms with Gasteiger partial charge in [-0.05, 0) is 49.6 Å². The minimum Gasteiger partial charge on any atom is -0.462 e. The number of anilines is 1. The SMILES string of the molecule is C=CCN(c1ccccc1C(=O)OCC)S(=O)(=O)c1ccc(SC)cc1. The highest BCUT2D eigenvalue weighted by molar-refractivity contribution is 7.98. The molecule has 0 unspecified atom stereocenters. The van der Waals surface area contributed by atoms with Gasteiger partial charge in [-0.15, -0.1) is 18.3 Å². The zero-order valence-corrected chi connectivity index (χ0v) is 16.3. The van der Waals surface area contributed by atoms with Gasteiger partial charge < -0.3 is 4.74 Å². The number of hydrogen-bond donors (Lipinski definition) is 0. The van der Waals surface area contributed by atoms with E-state index in [9.17, 15) is 13.2 Å². The number of thioether (sulfide) groups is 1. The average molecular weight is 392 g/mol. The Bertz CT molecular complexity index is 877. The molecule has 2 rings (SSSR count). The third-order valence-electron chi connectivity index (χ3n) is 3.61. The van der Waals surface area contributed by atoms with E-state index in [0.717, 1.165) is 4.90 Å². The van der Waals surface area contributed by atoms with E-state index in [1.54, 1.807) is 55.5 Å². The molecule has 0 aromatic heterocycles. The van der Waals surface area contributed by atoms with Crippen LogP contribution in [0.1, 0.15) is 17.3 Å². The topological polar surface area (TPSA) is 63.7 Å². The third-order valence-corrected chi connectivity index (χ3v) is 6.15. The minimum absolute atomic E-state index is 0.0308. The summed E-state index contributed by atoms with van der Waals surface area (Å²) in [6, 6.07) is 13.1. The van der Waals surface area contributed by atoms with Crippen LogP contribution in [0.25, 0.3) is 0 Å². The number of hydrogen-bond acceptors (Lipinski definition) is 5. The second-order valence-corrected chi connectivity index (χ2v) is 7.98. The fourth-order valence-corrected chi connectivity index (χ4v) is 4.25. The van der Waals surface area contributed by atoms with E-state index in [1.165, 1.54) is 22.1 Å². The lowest BCUT2D eigenvalue weighted by atomic mass is 10.2. The average Bonchev–Trinajstić information content (AvgIpc) is 2.66. The van der Waals surface area contributed by atoms with Crippen LogP contribution in [0.15, 0.2) is 71.0 Å². The summed E-state index contributed by atoms with van der Waals surface area (Å²) in [6.07, 6.45) is 3.40. The van der Waals surface area contributed by atoms with Crippen molar-refractivity contribution >= 4 is 33.4 Å². The van der Waals surface area contributed by atoms with E-state index < -0.39 is 16.0 Å². The summed E-state index contributed by atoms with van der Waals surface area (Å²) in [5.41, 5.74) is 0.459. The molecule has 0 atom stereocenters. The van der Waals surface area contributed by atoms with Crippen molar-refractivity contribution in [3.8, 4) is 0 Å². The molecule has 0 amide bonds.